The maximum Gasteiger partial charge on any atom is 0.287 e. The van der Waals surface area contributed by atoms with Crippen molar-refractivity contribution in [3.63, 3.8) is 0 Å². The lowest BCUT2D eigenvalue weighted by Crippen LogP contribution is -2.41. The van der Waals surface area contributed by atoms with E-state index in [1.54, 1.807) is 24.3 Å². The van der Waals surface area contributed by atoms with Crippen LogP contribution >= 0.6 is 0 Å². The van der Waals surface area contributed by atoms with Crippen LogP contribution in [0.3, 0.4) is 0 Å². The van der Waals surface area contributed by atoms with Crippen LogP contribution in [0.4, 0.5) is 4.39 Å². The quantitative estimate of drug-likeness (QED) is 0.415. The van der Waals surface area contributed by atoms with E-state index in [1.807, 2.05) is 55.9 Å². The van der Waals surface area contributed by atoms with Gasteiger partial charge in [-0.2, -0.15) is 0 Å². The maximum absolute atomic E-state index is 13.7. The average Bonchev–Trinajstić information content (AvgIpc) is 3.36. The summed E-state index contributed by atoms with van der Waals surface area (Å²) in [6, 6.07) is 15.3. The number of likely N-dealkylation sites (N-methyl/N-ethyl adjacent to an activating group) is 1. The van der Waals surface area contributed by atoms with Gasteiger partial charge in [-0.3, -0.25) is 9.59 Å². The number of nitrogens with one attached hydrogen (secondary N) is 1. The fraction of sp³-hybridized carbons (Fsp3) is 0.400. The summed E-state index contributed by atoms with van der Waals surface area (Å²) in [7, 11) is 3.89. The first-order chi connectivity index (χ1) is 18.2. The van der Waals surface area contributed by atoms with Gasteiger partial charge in [-0.05, 0) is 79.5 Å². The molecule has 7 nitrogen and oxygen atoms in total. The fourth-order valence-electron chi connectivity index (χ4n) is 4.63. The van der Waals surface area contributed by atoms with Crippen LogP contribution in [-0.4, -0.2) is 55.3 Å². The predicted molar refractivity (Wildman–Crippen MR) is 143 cm³/mol. The molecule has 0 bridgehead atoms. The van der Waals surface area contributed by atoms with Gasteiger partial charge in [0.15, 0.2) is 5.76 Å². The van der Waals surface area contributed by atoms with Gasteiger partial charge in [0.25, 0.3) is 5.91 Å². The van der Waals surface area contributed by atoms with Crippen molar-refractivity contribution >= 4 is 11.8 Å². The minimum Gasteiger partial charge on any atom is -0.486 e. The Balaban J connectivity index is 1.51. The maximum atomic E-state index is 13.7. The van der Waals surface area contributed by atoms with E-state index in [-0.39, 0.29) is 42.0 Å². The summed E-state index contributed by atoms with van der Waals surface area (Å²) in [5, 5.41) is 2.83. The SMILES string of the molecule is CC(C)CC(=O)N1CCc2ccc(OCc3ccc(C(=O)NCCN(C)C)o3)cc2C1c1ccc(F)cc1. The zero-order chi connectivity index (χ0) is 27.2. The Labute approximate surface area is 223 Å². The highest BCUT2D eigenvalue weighted by atomic mass is 19.1. The van der Waals surface area contributed by atoms with E-state index >= 15 is 0 Å². The lowest BCUT2D eigenvalue weighted by molar-refractivity contribution is -0.134. The van der Waals surface area contributed by atoms with Crippen molar-refractivity contribution in [2.75, 3.05) is 33.7 Å². The number of hydrogen-bond acceptors (Lipinski definition) is 5. The van der Waals surface area contributed by atoms with E-state index in [4.69, 9.17) is 9.15 Å². The molecule has 202 valence electrons. The van der Waals surface area contributed by atoms with Crippen molar-refractivity contribution < 1.29 is 23.1 Å². The number of furan rings is 1. The topological polar surface area (TPSA) is 75.0 Å². The second kappa shape index (κ2) is 12.3. The van der Waals surface area contributed by atoms with E-state index in [0.29, 0.717) is 31.0 Å². The minimum atomic E-state index is -0.324. The first-order valence-corrected chi connectivity index (χ1v) is 13.0. The van der Waals surface area contributed by atoms with E-state index < -0.39 is 0 Å². The van der Waals surface area contributed by atoms with Crippen molar-refractivity contribution in [3.05, 3.63) is 88.6 Å². The van der Waals surface area contributed by atoms with Crippen LogP contribution in [0.2, 0.25) is 0 Å². The first kappa shape index (κ1) is 27.4. The number of ether oxygens (including phenoxy) is 1. The molecular weight excluding hydrogens is 485 g/mol. The monoisotopic (exact) mass is 521 g/mol. The van der Waals surface area contributed by atoms with Crippen LogP contribution in [0.5, 0.6) is 5.75 Å². The molecule has 2 heterocycles. The van der Waals surface area contributed by atoms with Crippen LogP contribution in [0.1, 0.15) is 59.3 Å². The largest absolute Gasteiger partial charge is 0.486 e. The number of carbonyl (C=O) groups is 2. The van der Waals surface area contributed by atoms with Crippen LogP contribution in [0, 0.1) is 11.7 Å². The zero-order valence-corrected chi connectivity index (χ0v) is 22.5. The molecule has 2 amide bonds. The zero-order valence-electron chi connectivity index (χ0n) is 22.5. The molecule has 1 atom stereocenters. The summed E-state index contributed by atoms with van der Waals surface area (Å²) in [4.78, 5) is 29.4. The molecule has 1 N–H and O–H groups in total. The number of amides is 2. The van der Waals surface area contributed by atoms with Gasteiger partial charge in [-0.1, -0.05) is 32.0 Å². The van der Waals surface area contributed by atoms with Gasteiger partial charge in [-0.15, -0.1) is 0 Å². The number of halogens is 1. The van der Waals surface area contributed by atoms with Gasteiger partial charge in [0.1, 0.15) is 23.9 Å². The lowest BCUT2D eigenvalue weighted by atomic mass is 9.87. The van der Waals surface area contributed by atoms with E-state index in [2.05, 4.69) is 5.32 Å². The van der Waals surface area contributed by atoms with Gasteiger partial charge in [-0.25, -0.2) is 4.39 Å². The van der Waals surface area contributed by atoms with E-state index in [1.165, 1.54) is 12.1 Å². The second-order valence-corrected chi connectivity index (χ2v) is 10.4. The highest BCUT2D eigenvalue weighted by Gasteiger charge is 2.32. The van der Waals surface area contributed by atoms with Gasteiger partial charge in [0.2, 0.25) is 5.91 Å². The molecule has 3 aromatic rings. The van der Waals surface area contributed by atoms with Crippen molar-refractivity contribution in [2.24, 2.45) is 5.92 Å². The Morgan fingerprint density at radius 2 is 1.89 bits per heavy atom. The molecule has 0 saturated heterocycles. The Hall–Kier alpha value is -3.65. The summed E-state index contributed by atoms with van der Waals surface area (Å²) in [6.07, 6.45) is 1.19. The third-order valence-corrected chi connectivity index (χ3v) is 6.55. The minimum absolute atomic E-state index is 0.0817. The van der Waals surface area contributed by atoms with Gasteiger partial charge < -0.3 is 24.3 Å². The molecule has 8 heteroatoms. The van der Waals surface area contributed by atoms with Crippen LogP contribution < -0.4 is 10.1 Å². The molecule has 0 saturated carbocycles. The predicted octanol–water partition coefficient (Wildman–Crippen LogP) is 4.81. The number of carbonyl (C=O) groups excluding carboxylic acids is 2. The summed E-state index contributed by atoms with van der Waals surface area (Å²) >= 11 is 0. The number of rotatable bonds is 10. The lowest BCUT2D eigenvalue weighted by Gasteiger charge is -2.38. The second-order valence-electron chi connectivity index (χ2n) is 10.4. The third-order valence-electron chi connectivity index (χ3n) is 6.55. The molecule has 1 aliphatic heterocycles. The number of benzene rings is 2. The van der Waals surface area contributed by atoms with Gasteiger partial charge >= 0.3 is 0 Å². The first-order valence-electron chi connectivity index (χ1n) is 13.0. The Morgan fingerprint density at radius 3 is 2.61 bits per heavy atom. The molecule has 38 heavy (non-hydrogen) atoms. The van der Waals surface area contributed by atoms with E-state index in [9.17, 15) is 14.0 Å². The standard InChI is InChI=1S/C30H36FN3O4/c1-20(2)17-28(35)34-15-13-21-7-10-24(18-26(21)29(34)22-5-8-23(31)9-6-22)37-19-25-11-12-27(38-25)30(36)32-14-16-33(3)4/h5-12,18,20,29H,13-17,19H2,1-4H3,(H,32,36). The number of nitrogens with zero attached hydrogens (tertiary/aromatic N) is 2. The van der Waals surface area contributed by atoms with Gasteiger partial charge in [0, 0.05) is 26.1 Å². The average molecular weight is 522 g/mol. The fourth-order valence-corrected chi connectivity index (χ4v) is 4.63. The van der Waals surface area contributed by atoms with Crippen molar-refractivity contribution in [1.82, 2.24) is 15.1 Å². The van der Waals surface area contributed by atoms with Crippen molar-refractivity contribution in [2.45, 2.75) is 39.3 Å². The van der Waals surface area contributed by atoms with Crippen LogP contribution in [-0.2, 0) is 17.8 Å². The summed E-state index contributed by atoms with van der Waals surface area (Å²) < 4.78 is 25.4. The molecule has 0 spiro atoms. The van der Waals surface area contributed by atoms with Crippen LogP contribution in [0.25, 0.3) is 0 Å². The highest BCUT2D eigenvalue weighted by Crippen LogP contribution is 2.38. The number of hydrogen-bond donors (Lipinski definition) is 1. The molecule has 0 aliphatic carbocycles. The smallest absolute Gasteiger partial charge is 0.287 e. The Kier molecular flexibility index (Phi) is 8.84. The molecule has 1 unspecified atom stereocenters. The normalized spacial score (nSPS) is 15.0. The molecule has 0 fully saturated rings. The summed E-state index contributed by atoms with van der Waals surface area (Å²) in [5.74, 6) is 1.14. The van der Waals surface area contributed by atoms with Crippen molar-refractivity contribution in [3.8, 4) is 5.75 Å². The molecule has 1 aromatic heterocycles. The molecule has 0 radical (unpaired) electrons. The molecular formula is C30H36FN3O4. The Morgan fingerprint density at radius 1 is 1.13 bits per heavy atom. The molecule has 4 rings (SSSR count). The highest BCUT2D eigenvalue weighted by molar-refractivity contribution is 5.91. The van der Waals surface area contributed by atoms with Crippen LogP contribution in [0.15, 0.2) is 59.0 Å². The number of fused-ring (bicyclic) bond motifs is 1. The Bertz CT molecular complexity index is 1250. The molecule has 2 aromatic carbocycles. The summed E-state index contributed by atoms with van der Waals surface area (Å²) in [5.41, 5.74) is 2.96. The summed E-state index contributed by atoms with van der Waals surface area (Å²) in [6.45, 7) is 6.08. The van der Waals surface area contributed by atoms with Crippen molar-refractivity contribution in [1.29, 1.82) is 0 Å². The van der Waals surface area contributed by atoms with Gasteiger partial charge in [0.05, 0.1) is 6.04 Å². The van der Waals surface area contributed by atoms with E-state index in [0.717, 1.165) is 29.7 Å². The third kappa shape index (κ3) is 6.81. The molecule has 1 aliphatic rings.